The fraction of sp³-hybridized carbons (Fsp3) is 0.333. The molecule has 0 saturated carbocycles. The summed E-state index contributed by atoms with van der Waals surface area (Å²) in [7, 11) is 0. The van der Waals surface area contributed by atoms with Gasteiger partial charge in [0.1, 0.15) is 5.82 Å². The Morgan fingerprint density at radius 1 is 1.40 bits per heavy atom. The van der Waals surface area contributed by atoms with Crippen molar-refractivity contribution in [3.8, 4) is 0 Å². The van der Waals surface area contributed by atoms with Crippen LogP contribution in [0.4, 0.5) is 5.82 Å². The number of hydrogen-bond acceptors (Lipinski definition) is 3. The maximum Gasteiger partial charge on any atom is 0.146 e. The van der Waals surface area contributed by atoms with Crippen molar-refractivity contribution in [1.82, 2.24) is 4.98 Å². The molecule has 1 unspecified atom stereocenters. The van der Waals surface area contributed by atoms with Gasteiger partial charge in [0.05, 0.1) is 0 Å². The molecule has 3 heteroatoms. The third-order valence-corrected chi connectivity index (χ3v) is 2.44. The Labute approximate surface area is 89.9 Å². The summed E-state index contributed by atoms with van der Waals surface area (Å²) in [5.41, 5.74) is 2.93. The summed E-state index contributed by atoms with van der Waals surface area (Å²) < 4.78 is 0. The summed E-state index contributed by atoms with van der Waals surface area (Å²) in [6, 6.07) is 5.73. The van der Waals surface area contributed by atoms with Gasteiger partial charge in [0.15, 0.2) is 0 Å². The van der Waals surface area contributed by atoms with Gasteiger partial charge in [-0.2, -0.15) is 5.10 Å². The Balaban J connectivity index is 1.82. The topological polar surface area (TPSA) is 37.3 Å². The smallest absolute Gasteiger partial charge is 0.146 e. The van der Waals surface area contributed by atoms with Crippen LogP contribution in [0.2, 0.25) is 0 Å². The molecule has 0 amide bonds. The van der Waals surface area contributed by atoms with E-state index in [-0.39, 0.29) is 0 Å². The first-order valence-corrected chi connectivity index (χ1v) is 5.30. The molecule has 15 heavy (non-hydrogen) atoms. The molecule has 1 aromatic rings. The molecule has 0 fully saturated rings. The molecule has 1 aliphatic carbocycles. The lowest BCUT2D eigenvalue weighted by molar-refractivity contribution is 0.627. The van der Waals surface area contributed by atoms with E-state index in [1.807, 2.05) is 24.4 Å². The van der Waals surface area contributed by atoms with Crippen molar-refractivity contribution in [1.29, 1.82) is 0 Å². The zero-order valence-corrected chi connectivity index (χ0v) is 8.63. The minimum Gasteiger partial charge on any atom is -0.262 e. The van der Waals surface area contributed by atoms with Gasteiger partial charge >= 0.3 is 0 Å². The first-order valence-electron chi connectivity index (χ1n) is 5.30. The minimum atomic E-state index is 0.575. The molecule has 1 N–H and O–H groups in total. The predicted octanol–water partition coefficient (Wildman–Crippen LogP) is 2.84. The van der Waals surface area contributed by atoms with Crippen LogP contribution in [0.5, 0.6) is 0 Å². The van der Waals surface area contributed by atoms with Crippen LogP contribution >= 0.6 is 0 Å². The van der Waals surface area contributed by atoms with Gasteiger partial charge in [0, 0.05) is 12.4 Å². The van der Waals surface area contributed by atoms with Gasteiger partial charge in [0.25, 0.3) is 0 Å². The number of hydrogen-bond donors (Lipinski definition) is 1. The van der Waals surface area contributed by atoms with Gasteiger partial charge in [0.2, 0.25) is 0 Å². The van der Waals surface area contributed by atoms with Crippen LogP contribution in [0, 0.1) is 5.92 Å². The Kier molecular flexibility index (Phi) is 3.49. The first-order chi connectivity index (χ1) is 7.45. The highest BCUT2D eigenvalue weighted by atomic mass is 15.3. The fourth-order valence-corrected chi connectivity index (χ4v) is 1.59. The average molecular weight is 201 g/mol. The highest BCUT2D eigenvalue weighted by Crippen LogP contribution is 2.15. The molecular weight excluding hydrogens is 186 g/mol. The molecule has 0 aromatic carbocycles. The fourth-order valence-electron chi connectivity index (χ4n) is 1.59. The monoisotopic (exact) mass is 201 g/mol. The molecule has 1 aliphatic rings. The van der Waals surface area contributed by atoms with Crippen LogP contribution in [-0.4, -0.2) is 11.2 Å². The number of pyridine rings is 1. The van der Waals surface area contributed by atoms with E-state index in [0.29, 0.717) is 5.92 Å². The highest BCUT2D eigenvalue weighted by molar-refractivity contribution is 5.62. The van der Waals surface area contributed by atoms with Crippen LogP contribution in [-0.2, 0) is 0 Å². The molecular formula is C12H15N3. The molecule has 3 nitrogen and oxygen atoms in total. The number of allylic oxidation sites excluding steroid dienone is 2. The van der Waals surface area contributed by atoms with Crippen LogP contribution in [0.25, 0.3) is 0 Å². The maximum atomic E-state index is 4.19. The second-order valence-corrected chi connectivity index (χ2v) is 3.65. The highest BCUT2D eigenvalue weighted by Gasteiger charge is 2.05. The zero-order chi connectivity index (χ0) is 10.3. The Bertz CT molecular complexity index is 343. The molecule has 0 bridgehead atoms. The van der Waals surface area contributed by atoms with Gasteiger partial charge in [-0.25, -0.2) is 4.98 Å². The number of hydrazone groups is 1. The predicted molar refractivity (Wildman–Crippen MR) is 62.8 cm³/mol. The van der Waals surface area contributed by atoms with Crippen molar-refractivity contribution >= 4 is 12.0 Å². The van der Waals surface area contributed by atoms with E-state index in [4.69, 9.17) is 0 Å². The molecule has 0 radical (unpaired) electrons. The SMILES string of the molecule is C1=CCC(C=NNc2ccccn2)CC1. The van der Waals surface area contributed by atoms with Crippen molar-refractivity contribution in [3.63, 3.8) is 0 Å². The van der Waals surface area contributed by atoms with E-state index in [0.717, 1.165) is 12.2 Å². The van der Waals surface area contributed by atoms with Crippen LogP contribution in [0.15, 0.2) is 41.6 Å². The quantitative estimate of drug-likeness (QED) is 0.464. The van der Waals surface area contributed by atoms with Gasteiger partial charge in [-0.3, -0.25) is 5.43 Å². The van der Waals surface area contributed by atoms with E-state index >= 15 is 0 Å². The van der Waals surface area contributed by atoms with Gasteiger partial charge in [-0.05, 0) is 37.3 Å². The lowest BCUT2D eigenvalue weighted by atomic mass is 9.96. The van der Waals surface area contributed by atoms with Gasteiger partial charge in [-0.1, -0.05) is 18.2 Å². The molecule has 1 heterocycles. The molecule has 78 valence electrons. The van der Waals surface area contributed by atoms with E-state index in [1.54, 1.807) is 6.20 Å². The molecule has 0 spiro atoms. The van der Waals surface area contributed by atoms with Crippen molar-refractivity contribution in [3.05, 3.63) is 36.5 Å². The van der Waals surface area contributed by atoms with Crippen molar-refractivity contribution in [2.75, 3.05) is 5.43 Å². The average Bonchev–Trinajstić information content (AvgIpc) is 2.32. The third kappa shape index (κ3) is 3.20. The van der Waals surface area contributed by atoms with E-state index in [1.165, 1.54) is 12.8 Å². The first kappa shape index (κ1) is 9.90. The van der Waals surface area contributed by atoms with Gasteiger partial charge in [-0.15, -0.1) is 0 Å². The third-order valence-electron chi connectivity index (χ3n) is 2.44. The number of nitrogens with one attached hydrogen (secondary N) is 1. The summed E-state index contributed by atoms with van der Waals surface area (Å²) >= 11 is 0. The lowest BCUT2D eigenvalue weighted by Gasteiger charge is -2.11. The number of anilines is 1. The van der Waals surface area contributed by atoms with Crippen LogP contribution < -0.4 is 5.43 Å². The number of nitrogens with zero attached hydrogens (tertiary/aromatic N) is 2. The molecule has 0 aliphatic heterocycles. The zero-order valence-electron chi connectivity index (χ0n) is 8.63. The molecule has 2 rings (SSSR count). The van der Waals surface area contributed by atoms with Crippen molar-refractivity contribution in [2.45, 2.75) is 19.3 Å². The van der Waals surface area contributed by atoms with Crippen molar-refractivity contribution < 1.29 is 0 Å². The lowest BCUT2D eigenvalue weighted by Crippen LogP contribution is -2.05. The largest absolute Gasteiger partial charge is 0.262 e. The van der Waals surface area contributed by atoms with E-state index in [9.17, 15) is 0 Å². The second-order valence-electron chi connectivity index (χ2n) is 3.65. The van der Waals surface area contributed by atoms with Gasteiger partial charge < -0.3 is 0 Å². The van der Waals surface area contributed by atoms with E-state index < -0.39 is 0 Å². The summed E-state index contributed by atoms with van der Waals surface area (Å²) in [5.74, 6) is 1.37. The maximum absolute atomic E-state index is 4.19. The molecule has 0 saturated heterocycles. The number of rotatable bonds is 3. The standard InChI is InChI=1S/C12H15N3/c1-2-6-11(7-3-1)10-14-15-12-8-4-5-9-13-12/h1-2,4-5,8-11H,3,6-7H2,(H,13,15). The molecule has 1 aromatic heterocycles. The summed E-state index contributed by atoms with van der Waals surface area (Å²) in [5, 5.41) is 4.19. The van der Waals surface area contributed by atoms with Crippen molar-refractivity contribution in [2.24, 2.45) is 11.0 Å². The normalized spacial score (nSPS) is 20.7. The Morgan fingerprint density at radius 3 is 3.13 bits per heavy atom. The van der Waals surface area contributed by atoms with Crippen LogP contribution in [0.3, 0.4) is 0 Å². The second kappa shape index (κ2) is 5.29. The van der Waals surface area contributed by atoms with Crippen LogP contribution in [0.1, 0.15) is 19.3 Å². The minimum absolute atomic E-state index is 0.575. The Morgan fingerprint density at radius 2 is 2.40 bits per heavy atom. The molecule has 1 atom stereocenters. The summed E-state index contributed by atoms with van der Waals surface area (Å²) in [4.78, 5) is 4.12. The summed E-state index contributed by atoms with van der Waals surface area (Å²) in [6.07, 6.45) is 11.7. The summed E-state index contributed by atoms with van der Waals surface area (Å²) in [6.45, 7) is 0. The van der Waals surface area contributed by atoms with E-state index in [2.05, 4.69) is 27.7 Å². The number of aromatic nitrogens is 1. The Hall–Kier alpha value is -1.64.